The molecule has 69 heavy (non-hydrogen) atoms. The highest BCUT2D eigenvalue weighted by molar-refractivity contribution is 6.09. The monoisotopic (exact) mass is 905 g/mol. The van der Waals surface area contributed by atoms with Gasteiger partial charge in [0.15, 0.2) is 0 Å². The van der Waals surface area contributed by atoms with E-state index in [9.17, 15) is 0 Å². The van der Waals surface area contributed by atoms with E-state index in [0.717, 1.165) is 56.2 Å². The van der Waals surface area contributed by atoms with Gasteiger partial charge in [0.2, 0.25) is 0 Å². The van der Waals surface area contributed by atoms with Crippen molar-refractivity contribution in [3.8, 4) is 28.4 Å². The third kappa shape index (κ3) is 8.83. The van der Waals surface area contributed by atoms with Crippen LogP contribution in [0.3, 0.4) is 0 Å². The molecule has 0 fully saturated rings. The molecule has 5 heteroatoms. The number of hydrogen-bond donors (Lipinski definition) is 0. The molecule has 0 N–H and O–H groups in total. The van der Waals surface area contributed by atoms with Crippen molar-refractivity contribution in [1.82, 2.24) is 9.55 Å². The highest BCUT2D eigenvalue weighted by Crippen LogP contribution is 2.43. The highest BCUT2D eigenvalue weighted by Gasteiger charge is 2.31. The van der Waals surface area contributed by atoms with E-state index in [1.165, 1.54) is 38.8 Å². The van der Waals surface area contributed by atoms with Crippen molar-refractivity contribution >= 4 is 33.2 Å². The molecule has 0 spiro atoms. The molecular weight excluding hydrogens is 841 g/mol. The zero-order valence-corrected chi connectivity index (χ0v) is 41.9. The van der Waals surface area contributed by atoms with Crippen LogP contribution in [0.1, 0.15) is 103 Å². The maximum Gasteiger partial charge on any atom is 0.137 e. The number of ether oxygens (including phenoxy) is 1. The summed E-state index contributed by atoms with van der Waals surface area (Å²) in [6, 6.07) is 63.9. The zero-order chi connectivity index (χ0) is 48.3. The van der Waals surface area contributed by atoms with Crippen molar-refractivity contribution in [2.45, 2.75) is 90.9 Å². The fourth-order valence-electron chi connectivity index (χ4n) is 9.82. The van der Waals surface area contributed by atoms with Gasteiger partial charge in [-0.15, -0.1) is 0 Å². The quantitative estimate of drug-likeness (QED) is 0.137. The average Bonchev–Trinajstić information content (AvgIpc) is 3.98. The van der Waals surface area contributed by atoms with Crippen LogP contribution in [0, 0.1) is 0 Å². The highest BCUT2D eigenvalue weighted by atomic mass is 16.5. The van der Waals surface area contributed by atoms with Gasteiger partial charge in [0.05, 0.1) is 17.7 Å². The topological polar surface area (TPSA) is 33.5 Å². The van der Waals surface area contributed by atoms with Crippen molar-refractivity contribution in [1.29, 1.82) is 0 Å². The standard InChI is InChI=1S/C64H64N4O/c1-61(2,3)48-26-28-56-57-29-27-54(42-59(57)68(58(56)39-48)60-40-49(30-31-65-60)62(4,5)6)69-55-35-45(44-20-14-11-15-21-44)34-52(41-55)66-32-33-67(43-66)53-37-50(63(7,8)46-22-16-12-17-23-46)36-51(38-53)64(9,10)47-24-18-13-19-25-47/h11-42H,43H2,1-10H3. The largest absolute Gasteiger partial charge is 0.457 e. The Balaban J connectivity index is 1.04. The minimum atomic E-state index is -0.224. The Kier molecular flexibility index (Phi) is 11.4. The van der Waals surface area contributed by atoms with Crippen LogP contribution in [0.5, 0.6) is 11.5 Å². The number of rotatable bonds is 10. The summed E-state index contributed by atoms with van der Waals surface area (Å²) in [5.41, 5.74) is 13.8. The van der Waals surface area contributed by atoms with Crippen molar-refractivity contribution in [2.75, 3.05) is 16.5 Å². The second-order valence-electron chi connectivity index (χ2n) is 22.0. The van der Waals surface area contributed by atoms with E-state index < -0.39 is 0 Å². The van der Waals surface area contributed by atoms with Crippen LogP contribution in [-0.2, 0) is 21.7 Å². The van der Waals surface area contributed by atoms with Crippen LogP contribution in [-0.4, -0.2) is 16.2 Å². The fourth-order valence-corrected chi connectivity index (χ4v) is 9.82. The molecule has 346 valence electrons. The molecule has 7 aromatic carbocycles. The lowest BCUT2D eigenvalue weighted by atomic mass is 9.73. The molecule has 9 aromatic rings. The summed E-state index contributed by atoms with van der Waals surface area (Å²) in [7, 11) is 0. The van der Waals surface area contributed by atoms with Gasteiger partial charge in [0, 0.05) is 63.7 Å². The van der Waals surface area contributed by atoms with Crippen LogP contribution >= 0.6 is 0 Å². The van der Waals surface area contributed by atoms with Crippen molar-refractivity contribution < 1.29 is 4.74 Å². The molecule has 0 unspecified atom stereocenters. The predicted molar refractivity (Wildman–Crippen MR) is 290 cm³/mol. The Bertz CT molecular complexity index is 3280. The summed E-state index contributed by atoms with van der Waals surface area (Å²) in [5.74, 6) is 2.42. The molecule has 3 heterocycles. The molecule has 0 aliphatic carbocycles. The summed E-state index contributed by atoms with van der Waals surface area (Å²) in [6.45, 7) is 23.6. The minimum absolute atomic E-state index is 0.0149. The molecule has 1 aliphatic rings. The molecule has 0 saturated heterocycles. The van der Waals surface area contributed by atoms with Crippen LogP contribution in [0.2, 0.25) is 0 Å². The lowest BCUT2D eigenvalue weighted by Crippen LogP contribution is -2.27. The van der Waals surface area contributed by atoms with Gasteiger partial charge < -0.3 is 14.5 Å². The molecule has 1 aliphatic heterocycles. The third-order valence-electron chi connectivity index (χ3n) is 14.4. The molecule has 0 bridgehead atoms. The van der Waals surface area contributed by atoms with Crippen LogP contribution < -0.4 is 14.5 Å². The van der Waals surface area contributed by atoms with Crippen molar-refractivity contribution in [3.05, 3.63) is 228 Å². The number of benzene rings is 7. The lowest BCUT2D eigenvalue weighted by molar-refractivity contribution is 0.483. The maximum atomic E-state index is 7.00. The van der Waals surface area contributed by atoms with Crippen LogP contribution in [0.25, 0.3) is 38.8 Å². The first-order valence-electron chi connectivity index (χ1n) is 24.4. The van der Waals surface area contributed by atoms with E-state index in [1.54, 1.807) is 0 Å². The Labute approximate surface area is 409 Å². The number of nitrogens with zero attached hydrogens (tertiary/aromatic N) is 4. The molecule has 0 radical (unpaired) electrons. The summed E-state index contributed by atoms with van der Waals surface area (Å²) < 4.78 is 9.31. The lowest BCUT2D eigenvalue weighted by Gasteiger charge is -2.33. The van der Waals surface area contributed by atoms with E-state index in [0.29, 0.717) is 6.67 Å². The average molecular weight is 905 g/mol. The molecular formula is C64H64N4O. The predicted octanol–water partition coefficient (Wildman–Crippen LogP) is 16.6. The van der Waals surface area contributed by atoms with E-state index in [2.05, 4.69) is 272 Å². The first kappa shape index (κ1) is 45.4. The summed E-state index contributed by atoms with van der Waals surface area (Å²) >= 11 is 0. The normalized spacial score (nSPS) is 13.5. The number of anilines is 2. The first-order valence-corrected chi connectivity index (χ1v) is 24.4. The second-order valence-corrected chi connectivity index (χ2v) is 22.0. The number of aromatic nitrogens is 2. The summed E-state index contributed by atoms with van der Waals surface area (Å²) in [6.07, 6.45) is 6.35. The number of fused-ring (bicyclic) bond motifs is 3. The molecule has 0 saturated carbocycles. The Hall–Kier alpha value is -7.37. The second kappa shape index (κ2) is 17.3. The molecule has 0 atom stereocenters. The number of pyridine rings is 1. The molecule has 5 nitrogen and oxygen atoms in total. The van der Waals surface area contributed by atoms with Crippen LogP contribution in [0.4, 0.5) is 11.4 Å². The van der Waals surface area contributed by atoms with E-state index >= 15 is 0 Å². The van der Waals surface area contributed by atoms with E-state index in [-0.39, 0.29) is 21.7 Å². The Morgan fingerprint density at radius 1 is 0.406 bits per heavy atom. The van der Waals surface area contributed by atoms with Gasteiger partial charge in [-0.2, -0.15) is 0 Å². The Morgan fingerprint density at radius 3 is 1.51 bits per heavy atom. The van der Waals surface area contributed by atoms with Crippen molar-refractivity contribution in [3.63, 3.8) is 0 Å². The fraction of sp³-hybridized carbons (Fsp3) is 0.234. The SMILES string of the molecule is CC(C)(C)c1ccnc(-n2c3cc(Oc4cc(-c5ccccc5)cc(N5C=CN(c6cc(C(C)(C)c7ccccc7)cc(C(C)(C)c7ccccc7)c6)C5)c4)ccc3c3ccc(C(C)(C)C)cc32)c1. The smallest absolute Gasteiger partial charge is 0.137 e. The molecule has 10 rings (SSSR count). The zero-order valence-electron chi connectivity index (χ0n) is 41.9. The van der Waals surface area contributed by atoms with Crippen LogP contribution in [0.15, 0.2) is 195 Å². The Morgan fingerprint density at radius 2 is 0.928 bits per heavy atom. The van der Waals surface area contributed by atoms with Gasteiger partial charge in [-0.1, -0.05) is 178 Å². The van der Waals surface area contributed by atoms with Gasteiger partial charge in [0.25, 0.3) is 0 Å². The van der Waals surface area contributed by atoms with Gasteiger partial charge in [0.1, 0.15) is 17.3 Å². The maximum absolute atomic E-state index is 7.00. The van der Waals surface area contributed by atoms with E-state index in [1.807, 2.05) is 6.20 Å². The summed E-state index contributed by atoms with van der Waals surface area (Å²) in [4.78, 5) is 9.68. The summed E-state index contributed by atoms with van der Waals surface area (Å²) in [5, 5.41) is 2.35. The van der Waals surface area contributed by atoms with Gasteiger partial charge in [-0.25, -0.2) is 4.98 Å². The first-order chi connectivity index (χ1) is 32.9. The van der Waals surface area contributed by atoms with Gasteiger partial charge in [-0.3, -0.25) is 4.57 Å². The van der Waals surface area contributed by atoms with E-state index in [4.69, 9.17) is 9.72 Å². The third-order valence-corrected chi connectivity index (χ3v) is 14.4. The molecule has 2 aromatic heterocycles. The van der Waals surface area contributed by atoms with Crippen molar-refractivity contribution in [2.24, 2.45) is 0 Å². The van der Waals surface area contributed by atoms with Gasteiger partial charge >= 0.3 is 0 Å². The molecule has 0 amide bonds. The number of hydrogen-bond acceptors (Lipinski definition) is 4. The van der Waals surface area contributed by atoms with Gasteiger partial charge in [-0.05, 0) is 110 Å². The minimum Gasteiger partial charge on any atom is -0.457 e.